The van der Waals surface area contributed by atoms with Crippen molar-refractivity contribution in [1.29, 1.82) is 0 Å². The Labute approximate surface area is 159 Å². The van der Waals surface area contributed by atoms with Crippen molar-refractivity contribution in [3.05, 3.63) is 65.0 Å². The minimum atomic E-state index is -0.314. The fourth-order valence-electron chi connectivity index (χ4n) is 3.15. The summed E-state index contributed by atoms with van der Waals surface area (Å²) in [4.78, 5) is 18.3. The highest BCUT2D eigenvalue weighted by molar-refractivity contribution is 5.91. The Morgan fingerprint density at radius 2 is 2.04 bits per heavy atom. The van der Waals surface area contributed by atoms with Gasteiger partial charge in [-0.25, -0.2) is 9.38 Å². The number of aliphatic imine (C=N–C) groups is 1. The summed E-state index contributed by atoms with van der Waals surface area (Å²) in [5, 5.41) is 3.19. The molecule has 138 valence electrons. The molecule has 3 rings (SSSR count). The highest BCUT2D eigenvalue weighted by atomic mass is 19.1. The molecule has 5 heteroatoms. The first-order valence-corrected chi connectivity index (χ1v) is 8.92. The molecule has 1 N–H and O–H groups in total. The summed E-state index contributed by atoms with van der Waals surface area (Å²) >= 11 is 0. The summed E-state index contributed by atoms with van der Waals surface area (Å²) in [6.07, 6.45) is 2.72. The zero-order valence-electron chi connectivity index (χ0n) is 15.5. The number of carbonyl (C=O) groups is 1. The van der Waals surface area contributed by atoms with Crippen molar-refractivity contribution in [3.8, 4) is 11.8 Å². The van der Waals surface area contributed by atoms with Crippen molar-refractivity contribution >= 4 is 17.8 Å². The fourth-order valence-corrected chi connectivity index (χ4v) is 3.15. The monoisotopic (exact) mass is 363 g/mol. The maximum atomic E-state index is 13.3. The molecule has 1 unspecified atom stereocenters. The first-order valence-electron chi connectivity index (χ1n) is 8.92. The number of hydrogen-bond donors (Lipinski definition) is 1. The Morgan fingerprint density at radius 1 is 1.26 bits per heavy atom. The quantitative estimate of drug-likeness (QED) is 0.669. The molecule has 0 radical (unpaired) electrons. The van der Waals surface area contributed by atoms with Gasteiger partial charge in [-0.1, -0.05) is 17.9 Å². The topological polar surface area (TPSA) is 44.7 Å². The first-order chi connectivity index (χ1) is 13.1. The number of benzene rings is 2. The molecule has 1 aliphatic heterocycles. The number of nitrogens with zero attached hydrogens (tertiary/aromatic N) is 2. The van der Waals surface area contributed by atoms with E-state index >= 15 is 0 Å². The largest absolute Gasteiger partial charge is 0.359 e. The second-order valence-electron chi connectivity index (χ2n) is 6.54. The summed E-state index contributed by atoms with van der Waals surface area (Å²) in [5.41, 5.74) is 2.48. The molecule has 0 spiro atoms. The van der Waals surface area contributed by atoms with E-state index in [-0.39, 0.29) is 5.82 Å². The molecule has 1 saturated heterocycles. The van der Waals surface area contributed by atoms with Gasteiger partial charge in [0.15, 0.2) is 6.29 Å². The van der Waals surface area contributed by atoms with Crippen LogP contribution in [0.4, 0.5) is 10.1 Å². The summed E-state index contributed by atoms with van der Waals surface area (Å²) in [6, 6.07) is 11.9. The van der Waals surface area contributed by atoms with Crippen molar-refractivity contribution in [2.24, 2.45) is 4.99 Å². The zero-order chi connectivity index (χ0) is 19.2. The standard InChI is InChI=1S/C22H22FN3O/c1-24-14-20-10-11-22(26(20)2)25-21-13-17(8-9-18(21)15-27)7-6-16-4-3-5-19(23)12-16/h3-5,8-9,12-13,15,20,24H,10-11,14H2,1-2H3. The van der Waals surface area contributed by atoms with Crippen LogP contribution in [0.15, 0.2) is 47.5 Å². The molecule has 1 atom stereocenters. The van der Waals surface area contributed by atoms with Crippen LogP contribution in [-0.2, 0) is 0 Å². The summed E-state index contributed by atoms with van der Waals surface area (Å²) in [6.45, 7) is 0.898. The van der Waals surface area contributed by atoms with Gasteiger partial charge in [-0.05, 0) is 49.9 Å². The van der Waals surface area contributed by atoms with E-state index < -0.39 is 0 Å². The van der Waals surface area contributed by atoms with Crippen LogP contribution in [-0.4, -0.2) is 43.7 Å². The Hall–Kier alpha value is -2.97. The molecule has 0 bridgehead atoms. The van der Waals surface area contributed by atoms with Crippen molar-refractivity contribution in [2.45, 2.75) is 18.9 Å². The van der Waals surface area contributed by atoms with Crippen LogP contribution in [0.2, 0.25) is 0 Å². The van der Waals surface area contributed by atoms with E-state index in [4.69, 9.17) is 4.99 Å². The molecule has 27 heavy (non-hydrogen) atoms. The minimum Gasteiger partial charge on any atom is -0.359 e. The summed E-state index contributed by atoms with van der Waals surface area (Å²) in [7, 11) is 3.97. The van der Waals surface area contributed by atoms with Crippen LogP contribution in [0.1, 0.15) is 34.3 Å². The molecule has 4 nitrogen and oxygen atoms in total. The summed E-state index contributed by atoms with van der Waals surface area (Å²) in [5.74, 6) is 6.62. The van der Waals surface area contributed by atoms with Gasteiger partial charge in [0.05, 0.1) is 5.69 Å². The lowest BCUT2D eigenvalue weighted by molar-refractivity contribution is 0.112. The number of halogens is 1. The van der Waals surface area contributed by atoms with Gasteiger partial charge in [-0.2, -0.15) is 0 Å². The number of amidine groups is 1. The van der Waals surface area contributed by atoms with Crippen LogP contribution in [0.3, 0.4) is 0 Å². The van der Waals surface area contributed by atoms with Gasteiger partial charge in [0.1, 0.15) is 11.7 Å². The van der Waals surface area contributed by atoms with Crippen molar-refractivity contribution in [1.82, 2.24) is 10.2 Å². The summed E-state index contributed by atoms with van der Waals surface area (Å²) < 4.78 is 13.3. The maximum Gasteiger partial charge on any atom is 0.152 e. The normalized spacial score (nSPS) is 17.7. The molecule has 1 aliphatic rings. The number of likely N-dealkylation sites (tertiary alicyclic amines) is 1. The smallest absolute Gasteiger partial charge is 0.152 e. The van der Waals surface area contributed by atoms with Crippen LogP contribution in [0, 0.1) is 17.7 Å². The van der Waals surface area contributed by atoms with Crippen LogP contribution in [0.25, 0.3) is 0 Å². The van der Waals surface area contributed by atoms with Gasteiger partial charge < -0.3 is 10.2 Å². The van der Waals surface area contributed by atoms with Crippen molar-refractivity contribution in [2.75, 3.05) is 20.6 Å². The zero-order valence-corrected chi connectivity index (χ0v) is 15.5. The van der Waals surface area contributed by atoms with Crippen LogP contribution >= 0.6 is 0 Å². The Kier molecular flexibility index (Phi) is 6.00. The first kappa shape index (κ1) is 18.8. The number of aldehydes is 1. The fraction of sp³-hybridized carbons (Fsp3) is 0.273. The van der Waals surface area contributed by atoms with E-state index in [1.807, 2.05) is 20.2 Å². The molecule has 0 saturated carbocycles. The van der Waals surface area contributed by atoms with E-state index in [0.717, 1.165) is 37.1 Å². The SMILES string of the molecule is CNCC1CCC(=Nc2cc(C#Cc3cccc(F)c3)ccc2C=O)N1C. The van der Waals surface area contributed by atoms with Gasteiger partial charge in [0.2, 0.25) is 0 Å². The lowest BCUT2D eigenvalue weighted by Crippen LogP contribution is -2.36. The lowest BCUT2D eigenvalue weighted by Gasteiger charge is -2.21. The molecule has 2 aromatic rings. The van der Waals surface area contributed by atoms with Crippen LogP contribution in [0.5, 0.6) is 0 Å². The van der Waals surface area contributed by atoms with Crippen molar-refractivity contribution in [3.63, 3.8) is 0 Å². The molecule has 1 fully saturated rings. The molecule has 0 amide bonds. The van der Waals surface area contributed by atoms with Gasteiger partial charge >= 0.3 is 0 Å². The van der Waals surface area contributed by atoms with Crippen molar-refractivity contribution < 1.29 is 9.18 Å². The highest BCUT2D eigenvalue weighted by Crippen LogP contribution is 2.25. The van der Waals surface area contributed by atoms with E-state index in [1.165, 1.54) is 12.1 Å². The van der Waals surface area contributed by atoms with E-state index in [9.17, 15) is 9.18 Å². The molecule has 0 aliphatic carbocycles. The van der Waals surface area contributed by atoms with Gasteiger partial charge in [-0.3, -0.25) is 4.79 Å². The number of likely N-dealkylation sites (N-methyl/N-ethyl adjacent to an activating group) is 2. The van der Waals surface area contributed by atoms with Crippen LogP contribution < -0.4 is 5.32 Å². The molecular weight excluding hydrogens is 341 g/mol. The molecule has 1 heterocycles. The lowest BCUT2D eigenvalue weighted by atomic mass is 10.1. The minimum absolute atomic E-state index is 0.314. The average Bonchev–Trinajstić information content (AvgIpc) is 3.00. The second-order valence-corrected chi connectivity index (χ2v) is 6.54. The number of rotatable bonds is 4. The Balaban J connectivity index is 1.89. The van der Waals surface area contributed by atoms with E-state index in [2.05, 4.69) is 22.1 Å². The predicted molar refractivity (Wildman–Crippen MR) is 106 cm³/mol. The third-order valence-electron chi connectivity index (χ3n) is 4.68. The number of nitrogens with one attached hydrogen (secondary N) is 1. The average molecular weight is 363 g/mol. The van der Waals surface area contributed by atoms with Gasteiger partial charge in [0.25, 0.3) is 0 Å². The Morgan fingerprint density at radius 3 is 2.74 bits per heavy atom. The third-order valence-corrected chi connectivity index (χ3v) is 4.68. The molecule has 0 aromatic heterocycles. The van der Waals surface area contributed by atoms with Gasteiger partial charge in [0, 0.05) is 42.7 Å². The predicted octanol–water partition coefficient (Wildman–Crippen LogP) is 3.38. The Bertz CT molecular complexity index is 927. The highest BCUT2D eigenvalue weighted by Gasteiger charge is 2.25. The van der Waals surface area contributed by atoms with E-state index in [1.54, 1.807) is 24.3 Å². The van der Waals surface area contributed by atoms with Gasteiger partial charge in [-0.15, -0.1) is 0 Å². The maximum absolute atomic E-state index is 13.3. The number of hydrogen-bond acceptors (Lipinski definition) is 3. The molecular formula is C22H22FN3O. The number of carbonyl (C=O) groups excluding carboxylic acids is 1. The van der Waals surface area contributed by atoms with E-state index in [0.29, 0.717) is 22.9 Å². The molecule has 2 aromatic carbocycles. The third kappa shape index (κ3) is 4.60. The second kappa shape index (κ2) is 8.61.